The lowest BCUT2D eigenvalue weighted by Gasteiger charge is -2.34. The number of alkyl halides is 1. The fourth-order valence-electron chi connectivity index (χ4n) is 2.55. The van der Waals surface area contributed by atoms with E-state index in [0.29, 0.717) is 13.0 Å². The number of nitrogens with one attached hydrogen (secondary N) is 1. The van der Waals surface area contributed by atoms with Crippen LogP contribution < -0.4 is 10.1 Å². The third-order valence-electron chi connectivity index (χ3n) is 3.68. The van der Waals surface area contributed by atoms with E-state index in [2.05, 4.69) is 22.1 Å². The van der Waals surface area contributed by atoms with Gasteiger partial charge in [0.2, 0.25) is 0 Å². The van der Waals surface area contributed by atoms with Crippen molar-refractivity contribution in [3.8, 4) is 5.75 Å². The van der Waals surface area contributed by atoms with Gasteiger partial charge in [-0.1, -0.05) is 18.2 Å². The zero-order valence-electron chi connectivity index (χ0n) is 13.3. The number of halogens is 1. The van der Waals surface area contributed by atoms with Gasteiger partial charge in [-0.25, -0.2) is 0 Å². The molecular formula is C17H26FN3O. The van der Waals surface area contributed by atoms with E-state index >= 15 is 0 Å². The van der Waals surface area contributed by atoms with Crippen LogP contribution in [0.4, 0.5) is 4.39 Å². The van der Waals surface area contributed by atoms with Crippen molar-refractivity contribution >= 4 is 5.96 Å². The van der Waals surface area contributed by atoms with E-state index in [1.54, 1.807) is 0 Å². The highest BCUT2D eigenvalue weighted by atomic mass is 19.1. The molecule has 22 heavy (non-hydrogen) atoms. The minimum Gasteiger partial charge on any atom is -0.490 e. The lowest BCUT2D eigenvalue weighted by molar-refractivity contribution is 0.129. The number of ether oxygens (including phenoxy) is 1. The van der Waals surface area contributed by atoms with Crippen molar-refractivity contribution in [3.05, 3.63) is 30.3 Å². The number of rotatable bonds is 6. The molecule has 1 fully saturated rings. The first-order chi connectivity index (χ1) is 10.8. The normalized spacial score (nSPS) is 16.6. The Morgan fingerprint density at radius 1 is 1.32 bits per heavy atom. The van der Waals surface area contributed by atoms with Crippen molar-refractivity contribution in [3.63, 3.8) is 0 Å². The molecule has 1 aliphatic heterocycles. The highest BCUT2D eigenvalue weighted by Gasteiger charge is 2.22. The summed E-state index contributed by atoms with van der Waals surface area (Å²) in [7, 11) is 0. The van der Waals surface area contributed by atoms with E-state index < -0.39 is 0 Å². The summed E-state index contributed by atoms with van der Waals surface area (Å²) in [6, 6.07) is 9.96. The van der Waals surface area contributed by atoms with Crippen LogP contribution in [0.5, 0.6) is 5.75 Å². The highest BCUT2D eigenvalue weighted by Crippen LogP contribution is 2.18. The summed E-state index contributed by atoms with van der Waals surface area (Å²) in [6.07, 6.45) is 2.69. The number of hydrogen-bond acceptors (Lipinski definition) is 2. The maximum atomic E-state index is 12.2. The number of para-hydroxylation sites is 1. The molecule has 0 bridgehead atoms. The first-order valence-electron chi connectivity index (χ1n) is 8.14. The van der Waals surface area contributed by atoms with Crippen LogP contribution in [0.3, 0.4) is 0 Å². The molecule has 1 N–H and O–H groups in total. The van der Waals surface area contributed by atoms with Crippen LogP contribution in [0.25, 0.3) is 0 Å². The first kappa shape index (κ1) is 16.6. The molecule has 0 saturated carbocycles. The Balaban J connectivity index is 1.82. The molecule has 0 aliphatic carbocycles. The van der Waals surface area contributed by atoms with E-state index in [1.807, 2.05) is 30.3 Å². The molecule has 0 unspecified atom stereocenters. The third kappa shape index (κ3) is 5.20. The van der Waals surface area contributed by atoms with Gasteiger partial charge in [-0.2, -0.15) is 0 Å². The number of piperidine rings is 1. The van der Waals surface area contributed by atoms with Crippen molar-refractivity contribution in [1.82, 2.24) is 10.2 Å². The van der Waals surface area contributed by atoms with Gasteiger partial charge >= 0.3 is 0 Å². The summed E-state index contributed by atoms with van der Waals surface area (Å²) in [4.78, 5) is 6.73. The maximum absolute atomic E-state index is 12.2. The van der Waals surface area contributed by atoms with Gasteiger partial charge in [0.05, 0.1) is 6.67 Å². The number of guanidine groups is 1. The standard InChI is InChI=1S/C17H26FN3O/c1-2-19-17(20-12-6-11-18)21-13-9-16(10-14-21)22-15-7-4-3-5-8-15/h3-5,7-8,16H,2,6,9-14H2,1H3,(H,19,20). The molecule has 122 valence electrons. The van der Waals surface area contributed by atoms with Crippen LogP contribution in [-0.2, 0) is 0 Å². The molecule has 0 spiro atoms. The summed E-state index contributed by atoms with van der Waals surface area (Å²) >= 11 is 0. The van der Waals surface area contributed by atoms with Crippen molar-refractivity contribution in [2.24, 2.45) is 4.99 Å². The quantitative estimate of drug-likeness (QED) is 0.499. The van der Waals surface area contributed by atoms with Crippen LogP contribution in [0.15, 0.2) is 35.3 Å². The average Bonchev–Trinajstić information content (AvgIpc) is 2.56. The van der Waals surface area contributed by atoms with E-state index in [9.17, 15) is 4.39 Å². The highest BCUT2D eigenvalue weighted by molar-refractivity contribution is 5.80. The summed E-state index contributed by atoms with van der Waals surface area (Å²) in [5.41, 5.74) is 0. The summed E-state index contributed by atoms with van der Waals surface area (Å²) in [5, 5.41) is 3.29. The van der Waals surface area contributed by atoms with E-state index in [1.165, 1.54) is 0 Å². The molecule has 1 heterocycles. The molecule has 0 atom stereocenters. The molecule has 0 radical (unpaired) electrons. The minimum absolute atomic E-state index is 0.257. The van der Waals surface area contributed by atoms with Gasteiger partial charge in [-0.15, -0.1) is 0 Å². The zero-order chi connectivity index (χ0) is 15.6. The number of likely N-dealkylation sites (tertiary alicyclic amines) is 1. The number of hydrogen-bond donors (Lipinski definition) is 1. The molecule has 4 nitrogen and oxygen atoms in total. The monoisotopic (exact) mass is 307 g/mol. The minimum atomic E-state index is -0.310. The molecule has 0 amide bonds. The summed E-state index contributed by atoms with van der Waals surface area (Å²) in [6.45, 7) is 4.94. The molecule has 1 aliphatic rings. The van der Waals surface area contributed by atoms with Crippen LogP contribution in [0.2, 0.25) is 0 Å². The summed E-state index contributed by atoms with van der Waals surface area (Å²) in [5.74, 6) is 1.83. The maximum Gasteiger partial charge on any atom is 0.193 e. The van der Waals surface area contributed by atoms with Crippen molar-refractivity contribution in [2.75, 3.05) is 32.9 Å². The Morgan fingerprint density at radius 2 is 2.05 bits per heavy atom. The van der Waals surface area contributed by atoms with Crippen LogP contribution in [0, 0.1) is 0 Å². The molecule has 5 heteroatoms. The Morgan fingerprint density at radius 3 is 2.68 bits per heavy atom. The van der Waals surface area contributed by atoms with E-state index in [0.717, 1.165) is 44.2 Å². The number of benzene rings is 1. The Hall–Kier alpha value is -1.78. The van der Waals surface area contributed by atoms with Crippen LogP contribution in [0.1, 0.15) is 26.2 Å². The average molecular weight is 307 g/mol. The van der Waals surface area contributed by atoms with Gasteiger partial charge in [-0.05, 0) is 25.5 Å². The molecule has 1 aromatic carbocycles. The smallest absolute Gasteiger partial charge is 0.193 e. The first-order valence-corrected chi connectivity index (χ1v) is 8.14. The molecule has 1 aromatic rings. The Bertz CT molecular complexity index is 444. The van der Waals surface area contributed by atoms with Crippen LogP contribution >= 0.6 is 0 Å². The fraction of sp³-hybridized carbons (Fsp3) is 0.588. The van der Waals surface area contributed by atoms with Crippen molar-refractivity contribution in [2.45, 2.75) is 32.3 Å². The second-order valence-electron chi connectivity index (χ2n) is 5.40. The lowest BCUT2D eigenvalue weighted by Crippen LogP contribution is -2.47. The largest absolute Gasteiger partial charge is 0.490 e. The van der Waals surface area contributed by atoms with Crippen LogP contribution in [-0.4, -0.2) is 49.8 Å². The fourth-order valence-corrected chi connectivity index (χ4v) is 2.55. The third-order valence-corrected chi connectivity index (χ3v) is 3.68. The lowest BCUT2D eigenvalue weighted by atomic mass is 10.1. The number of nitrogens with zero attached hydrogens (tertiary/aromatic N) is 2. The van der Waals surface area contributed by atoms with Gasteiger partial charge in [0.25, 0.3) is 0 Å². The zero-order valence-corrected chi connectivity index (χ0v) is 13.3. The number of aliphatic imine (C=N–C) groups is 1. The van der Waals surface area contributed by atoms with Gasteiger partial charge in [0, 0.05) is 39.0 Å². The molecule has 2 rings (SSSR count). The van der Waals surface area contributed by atoms with E-state index in [4.69, 9.17) is 4.74 Å². The Labute approximate surface area is 132 Å². The van der Waals surface area contributed by atoms with Gasteiger partial charge in [0.1, 0.15) is 11.9 Å². The molecular weight excluding hydrogens is 281 g/mol. The van der Waals surface area contributed by atoms with Crippen molar-refractivity contribution in [1.29, 1.82) is 0 Å². The topological polar surface area (TPSA) is 36.9 Å². The van der Waals surface area contributed by atoms with Crippen molar-refractivity contribution < 1.29 is 9.13 Å². The Kier molecular flexibility index (Phi) is 7.00. The van der Waals surface area contributed by atoms with Gasteiger partial charge < -0.3 is 15.0 Å². The summed E-state index contributed by atoms with van der Waals surface area (Å²) < 4.78 is 18.2. The molecule has 0 aromatic heterocycles. The van der Waals surface area contributed by atoms with E-state index in [-0.39, 0.29) is 12.8 Å². The predicted molar refractivity (Wildman–Crippen MR) is 88.2 cm³/mol. The second-order valence-corrected chi connectivity index (χ2v) is 5.40. The predicted octanol–water partition coefficient (Wildman–Crippen LogP) is 2.85. The van der Waals surface area contributed by atoms with Gasteiger partial charge in [0.15, 0.2) is 5.96 Å². The second kappa shape index (κ2) is 9.28. The molecule has 1 saturated heterocycles. The SMILES string of the molecule is CCNC(=NCCCF)N1CCC(Oc2ccccc2)CC1. The van der Waals surface area contributed by atoms with Gasteiger partial charge in [-0.3, -0.25) is 9.38 Å².